The van der Waals surface area contributed by atoms with Crippen molar-refractivity contribution >= 4 is 0 Å². The quantitative estimate of drug-likeness (QED) is 0.652. The first kappa shape index (κ1) is 17.9. The third-order valence-electron chi connectivity index (χ3n) is 3.69. The lowest BCUT2D eigenvalue weighted by Gasteiger charge is -2.32. The van der Waals surface area contributed by atoms with Crippen molar-refractivity contribution in [2.24, 2.45) is 0 Å². The summed E-state index contributed by atoms with van der Waals surface area (Å²) in [7, 11) is 0. The topological polar surface area (TPSA) is 41.5 Å². The van der Waals surface area contributed by atoms with Crippen LogP contribution in [0.1, 0.15) is 39.5 Å². The molecule has 120 valence electrons. The lowest BCUT2D eigenvalue weighted by molar-refractivity contribution is 0.137. The Hall–Kier alpha value is -1.20. The molecule has 1 aromatic carbocycles. The molecule has 0 bridgehead atoms. The number of nitrogens with one attached hydrogen (secondary N) is 1. The van der Waals surface area contributed by atoms with Crippen LogP contribution in [0, 0.1) is 11.6 Å². The second-order valence-corrected chi connectivity index (χ2v) is 5.22. The van der Waals surface area contributed by atoms with Gasteiger partial charge in [0.05, 0.1) is 13.2 Å². The van der Waals surface area contributed by atoms with Gasteiger partial charge in [-0.15, -0.1) is 0 Å². The monoisotopic (exact) mass is 301 g/mol. The van der Waals surface area contributed by atoms with Crippen LogP contribution in [0.5, 0.6) is 5.75 Å². The highest BCUT2D eigenvalue weighted by molar-refractivity contribution is 5.25. The summed E-state index contributed by atoms with van der Waals surface area (Å²) in [6, 6.07) is 3.65. The average Bonchev–Trinajstić information content (AvgIpc) is 2.49. The maximum absolute atomic E-state index is 13.4. The normalized spacial score (nSPS) is 14.0. The molecule has 1 unspecified atom stereocenters. The molecular formula is C16H25F2NO2. The minimum atomic E-state index is -0.692. The second kappa shape index (κ2) is 8.95. The first-order chi connectivity index (χ1) is 10.1. The maximum atomic E-state index is 13.4. The molecule has 0 aromatic heterocycles. The number of rotatable bonds is 10. The summed E-state index contributed by atoms with van der Waals surface area (Å²) in [6.07, 6.45) is 3.07. The van der Waals surface area contributed by atoms with Crippen LogP contribution in [0.4, 0.5) is 8.78 Å². The van der Waals surface area contributed by atoms with Gasteiger partial charge in [-0.3, -0.25) is 0 Å². The van der Waals surface area contributed by atoms with Gasteiger partial charge in [0.15, 0.2) is 17.4 Å². The van der Waals surface area contributed by atoms with Gasteiger partial charge in [-0.05, 0) is 44.4 Å². The molecule has 0 amide bonds. The van der Waals surface area contributed by atoms with Crippen molar-refractivity contribution in [2.75, 3.05) is 19.8 Å². The van der Waals surface area contributed by atoms with Crippen LogP contribution in [-0.4, -0.2) is 30.4 Å². The second-order valence-electron chi connectivity index (χ2n) is 5.22. The van der Waals surface area contributed by atoms with Crippen molar-refractivity contribution in [3.05, 3.63) is 29.8 Å². The lowest BCUT2D eigenvalue weighted by atomic mass is 9.91. The molecule has 0 fully saturated rings. The molecule has 0 radical (unpaired) electrons. The lowest BCUT2D eigenvalue weighted by Crippen LogP contribution is -2.48. The summed E-state index contributed by atoms with van der Waals surface area (Å²) in [4.78, 5) is 0. The molecule has 2 N–H and O–H groups in total. The first-order valence-electron chi connectivity index (χ1n) is 7.51. The van der Waals surface area contributed by atoms with Gasteiger partial charge < -0.3 is 15.2 Å². The first-order valence-corrected chi connectivity index (χ1v) is 7.51. The van der Waals surface area contributed by atoms with E-state index in [9.17, 15) is 13.9 Å². The number of hydrogen-bond acceptors (Lipinski definition) is 3. The zero-order valence-electron chi connectivity index (χ0n) is 12.8. The summed E-state index contributed by atoms with van der Waals surface area (Å²) in [6.45, 7) is 5.16. The largest absolute Gasteiger partial charge is 0.488 e. The van der Waals surface area contributed by atoms with Gasteiger partial charge in [-0.2, -0.15) is 0 Å². The number of benzene rings is 1. The average molecular weight is 301 g/mol. The molecular weight excluding hydrogens is 276 g/mol. The molecule has 0 aliphatic carbocycles. The highest BCUT2D eigenvalue weighted by Gasteiger charge is 2.25. The summed E-state index contributed by atoms with van der Waals surface area (Å²) < 4.78 is 32.0. The SMILES string of the molecule is CCCNC(CC)(CO)CCCOc1c(F)cccc1F. The summed E-state index contributed by atoms with van der Waals surface area (Å²) in [5, 5.41) is 12.9. The number of ether oxygens (including phenoxy) is 1. The Balaban J connectivity index is 2.47. The zero-order valence-corrected chi connectivity index (χ0v) is 12.8. The predicted octanol–water partition coefficient (Wildman–Crippen LogP) is 3.26. The smallest absolute Gasteiger partial charge is 0.190 e. The molecule has 3 nitrogen and oxygen atoms in total. The molecule has 1 aromatic rings. The molecule has 0 spiro atoms. The van der Waals surface area contributed by atoms with E-state index >= 15 is 0 Å². The standard InChI is InChI=1S/C16H25F2NO2/c1-3-10-19-16(4-2,12-20)9-6-11-21-15-13(17)7-5-8-14(15)18/h5,7-8,19-20H,3-4,6,9-12H2,1-2H3. The zero-order chi connectivity index (χ0) is 15.7. The Kier molecular flexibility index (Phi) is 7.61. The van der Waals surface area contributed by atoms with Crippen LogP contribution < -0.4 is 10.1 Å². The predicted molar refractivity (Wildman–Crippen MR) is 79.5 cm³/mol. The van der Waals surface area contributed by atoms with E-state index in [4.69, 9.17) is 4.74 Å². The van der Waals surface area contributed by atoms with Gasteiger partial charge in [-0.1, -0.05) is 19.9 Å². The number of aliphatic hydroxyl groups excluding tert-OH is 1. The van der Waals surface area contributed by atoms with Crippen LogP contribution in [0.25, 0.3) is 0 Å². The van der Waals surface area contributed by atoms with Crippen molar-refractivity contribution in [1.29, 1.82) is 0 Å². The van der Waals surface area contributed by atoms with Gasteiger partial charge in [0.25, 0.3) is 0 Å². The highest BCUT2D eigenvalue weighted by atomic mass is 19.1. The van der Waals surface area contributed by atoms with Crippen molar-refractivity contribution < 1.29 is 18.6 Å². The molecule has 0 aliphatic rings. The maximum Gasteiger partial charge on any atom is 0.190 e. The van der Waals surface area contributed by atoms with E-state index in [1.54, 1.807) is 0 Å². The Labute approximate surface area is 125 Å². The fourth-order valence-electron chi connectivity index (χ4n) is 2.23. The summed E-state index contributed by atoms with van der Waals surface area (Å²) in [5.74, 6) is -1.71. The van der Waals surface area contributed by atoms with Gasteiger partial charge >= 0.3 is 0 Å². The molecule has 21 heavy (non-hydrogen) atoms. The van der Waals surface area contributed by atoms with Gasteiger partial charge in [0.2, 0.25) is 0 Å². The van der Waals surface area contributed by atoms with Crippen molar-refractivity contribution in [3.8, 4) is 5.75 Å². The van der Waals surface area contributed by atoms with Gasteiger partial charge in [-0.25, -0.2) is 8.78 Å². The number of hydrogen-bond donors (Lipinski definition) is 2. The van der Waals surface area contributed by atoms with Gasteiger partial charge in [0, 0.05) is 5.54 Å². The Morgan fingerprint density at radius 1 is 1.24 bits per heavy atom. The van der Waals surface area contributed by atoms with Crippen molar-refractivity contribution in [2.45, 2.75) is 45.1 Å². The molecule has 0 aliphatic heterocycles. The van der Waals surface area contributed by atoms with E-state index in [1.165, 1.54) is 18.2 Å². The van der Waals surface area contributed by atoms with Crippen LogP contribution in [0.15, 0.2) is 18.2 Å². The third kappa shape index (κ3) is 5.25. The Morgan fingerprint density at radius 2 is 1.90 bits per heavy atom. The molecule has 1 rings (SSSR count). The van der Waals surface area contributed by atoms with E-state index < -0.39 is 11.6 Å². The van der Waals surface area contributed by atoms with Crippen molar-refractivity contribution in [3.63, 3.8) is 0 Å². The molecule has 1 atom stereocenters. The summed E-state index contributed by atoms with van der Waals surface area (Å²) in [5.41, 5.74) is -0.340. The van der Waals surface area contributed by atoms with Crippen molar-refractivity contribution in [1.82, 2.24) is 5.32 Å². The van der Waals surface area contributed by atoms with Crippen LogP contribution >= 0.6 is 0 Å². The van der Waals surface area contributed by atoms with E-state index in [2.05, 4.69) is 12.2 Å². The number of aliphatic hydroxyl groups is 1. The fourth-order valence-corrected chi connectivity index (χ4v) is 2.23. The number of halogens is 2. The minimum absolute atomic E-state index is 0.0392. The molecule has 0 saturated carbocycles. The molecule has 5 heteroatoms. The van der Waals surface area contributed by atoms with Crippen LogP contribution in [0.3, 0.4) is 0 Å². The van der Waals surface area contributed by atoms with Crippen LogP contribution in [-0.2, 0) is 0 Å². The molecule has 0 saturated heterocycles. The highest BCUT2D eigenvalue weighted by Crippen LogP contribution is 2.22. The van der Waals surface area contributed by atoms with E-state index in [-0.39, 0.29) is 24.5 Å². The van der Waals surface area contributed by atoms with Gasteiger partial charge in [0.1, 0.15) is 0 Å². The number of para-hydroxylation sites is 1. The molecule has 0 heterocycles. The Morgan fingerprint density at radius 3 is 2.43 bits per heavy atom. The van der Waals surface area contributed by atoms with E-state index in [1.807, 2.05) is 6.92 Å². The van der Waals surface area contributed by atoms with E-state index in [0.29, 0.717) is 12.8 Å². The third-order valence-corrected chi connectivity index (χ3v) is 3.69. The minimum Gasteiger partial charge on any atom is -0.488 e. The Bertz CT molecular complexity index is 402. The fraction of sp³-hybridized carbons (Fsp3) is 0.625. The van der Waals surface area contributed by atoms with Crippen LogP contribution in [0.2, 0.25) is 0 Å². The van der Waals surface area contributed by atoms with E-state index in [0.717, 1.165) is 19.4 Å². The summed E-state index contributed by atoms with van der Waals surface area (Å²) >= 11 is 0.